The quantitative estimate of drug-likeness (QED) is 0.624. The number of benzene rings is 1. The van der Waals surface area contributed by atoms with E-state index >= 15 is 0 Å². The zero-order chi connectivity index (χ0) is 19.6. The molecule has 0 aliphatic carbocycles. The molecular weight excluding hydrogens is 364 g/mol. The fourth-order valence-corrected chi connectivity index (χ4v) is 3.52. The molecule has 6 nitrogen and oxygen atoms in total. The molecule has 2 rings (SSSR count). The van der Waals surface area contributed by atoms with Crippen molar-refractivity contribution in [3.05, 3.63) is 42.3 Å². The number of hydrogen-bond acceptors (Lipinski definition) is 6. The van der Waals surface area contributed by atoms with Crippen molar-refractivity contribution in [3.63, 3.8) is 0 Å². The Kier molecular flexibility index (Phi) is 8.39. The van der Waals surface area contributed by atoms with E-state index < -0.39 is 12.0 Å². The number of esters is 1. The number of aromatic nitrogens is 1. The average Bonchev–Trinajstić information content (AvgIpc) is 3.17. The van der Waals surface area contributed by atoms with Crippen molar-refractivity contribution in [3.8, 4) is 11.5 Å². The maximum atomic E-state index is 12.2. The molecular formula is C20H26N2O4S. The lowest BCUT2D eigenvalue weighted by Crippen LogP contribution is -2.47. The van der Waals surface area contributed by atoms with Gasteiger partial charge in [0.2, 0.25) is 11.8 Å². The zero-order valence-electron chi connectivity index (χ0n) is 15.9. The number of thioether (sulfide) groups is 1. The first-order chi connectivity index (χ1) is 13.1. The molecule has 0 radical (unpaired) electrons. The summed E-state index contributed by atoms with van der Waals surface area (Å²) in [4.78, 5) is 28.7. The number of oxazole rings is 1. The topological polar surface area (TPSA) is 81.4 Å². The minimum atomic E-state index is -0.602. The summed E-state index contributed by atoms with van der Waals surface area (Å²) in [5, 5.41) is 2.81. The van der Waals surface area contributed by atoms with Crippen LogP contribution in [-0.2, 0) is 20.1 Å². The van der Waals surface area contributed by atoms with E-state index in [1.54, 1.807) is 6.26 Å². The molecule has 2 aromatic rings. The average molecular weight is 391 g/mol. The first kappa shape index (κ1) is 21.0. The van der Waals surface area contributed by atoms with Gasteiger partial charge in [-0.05, 0) is 18.1 Å². The second kappa shape index (κ2) is 10.8. The van der Waals surface area contributed by atoms with E-state index in [0.717, 1.165) is 24.1 Å². The second-order valence-corrected chi connectivity index (χ2v) is 7.13. The van der Waals surface area contributed by atoms with Gasteiger partial charge in [0.15, 0.2) is 0 Å². The number of nitrogens with zero attached hydrogens (tertiary/aromatic N) is 1. The maximum absolute atomic E-state index is 12.2. The molecule has 1 N–H and O–H groups in total. The molecule has 0 spiro atoms. The fraction of sp³-hybridized carbons (Fsp3) is 0.450. The zero-order valence-corrected chi connectivity index (χ0v) is 16.8. The number of carbonyl (C=O) groups excluding carboxylic acids is 2. The lowest BCUT2D eigenvalue weighted by atomic mass is 9.94. The highest BCUT2D eigenvalue weighted by atomic mass is 32.2. The number of hydrogen-bond donors (Lipinski definition) is 1. The van der Waals surface area contributed by atoms with E-state index in [1.807, 2.05) is 44.2 Å². The minimum absolute atomic E-state index is 0.0652. The van der Waals surface area contributed by atoms with E-state index in [4.69, 9.17) is 9.15 Å². The van der Waals surface area contributed by atoms with Gasteiger partial charge in [-0.3, -0.25) is 4.79 Å². The predicted molar refractivity (Wildman–Crippen MR) is 106 cm³/mol. The van der Waals surface area contributed by atoms with Gasteiger partial charge in [0.1, 0.15) is 12.3 Å². The number of methoxy groups -OCH3 is 1. The fourth-order valence-electron chi connectivity index (χ4n) is 2.81. The SMILES string of the molecule is CCC(CC)[C@H](NC(=O)CSCc1coc(-c2ccccc2)n1)C(=O)OC. The number of ether oxygens (including phenoxy) is 1. The van der Waals surface area contributed by atoms with E-state index in [0.29, 0.717) is 11.6 Å². The van der Waals surface area contributed by atoms with Crippen LogP contribution in [0.4, 0.5) is 0 Å². The Bertz CT molecular complexity index is 729. The Morgan fingerprint density at radius 1 is 1.22 bits per heavy atom. The molecule has 0 saturated carbocycles. The first-order valence-corrected chi connectivity index (χ1v) is 10.2. The summed E-state index contributed by atoms with van der Waals surface area (Å²) in [6.07, 6.45) is 3.20. The second-order valence-electron chi connectivity index (χ2n) is 6.15. The van der Waals surface area contributed by atoms with Crippen molar-refractivity contribution in [2.45, 2.75) is 38.5 Å². The van der Waals surface area contributed by atoms with Crippen LogP contribution < -0.4 is 5.32 Å². The molecule has 0 aliphatic rings. The Labute approximate surface area is 164 Å². The molecule has 1 aromatic heterocycles. The number of carbonyl (C=O) groups is 2. The van der Waals surface area contributed by atoms with Gasteiger partial charge in [-0.1, -0.05) is 44.9 Å². The Morgan fingerprint density at radius 2 is 1.93 bits per heavy atom. The van der Waals surface area contributed by atoms with Crippen LogP contribution in [0.3, 0.4) is 0 Å². The monoisotopic (exact) mass is 390 g/mol. The molecule has 1 heterocycles. The standard InChI is InChI=1S/C20H26N2O4S/c1-4-14(5-2)18(20(24)25-3)22-17(23)13-27-12-16-11-26-19(21-16)15-9-7-6-8-10-15/h6-11,14,18H,4-5,12-13H2,1-3H3,(H,22,23)/t18-/m0/s1. The summed E-state index contributed by atoms with van der Waals surface area (Å²) in [5.74, 6) is 0.837. The highest BCUT2D eigenvalue weighted by molar-refractivity contribution is 7.99. The van der Waals surface area contributed by atoms with Crippen LogP contribution in [0.2, 0.25) is 0 Å². The van der Waals surface area contributed by atoms with Gasteiger partial charge in [0.05, 0.1) is 18.6 Å². The van der Waals surface area contributed by atoms with Crippen LogP contribution in [0, 0.1) is 5.92 Å². The van der Waals surface area contributed by atoms with Gasteiger partial charge < -0.3 is 14.5 Å². The van der Waals surface area contributed by atoms with Crippen molar-refractivity contribution < 1.29 is 18.7 Å². The predicted octanol–water partition coefficient (Wildman–Crippen LogP) is 3.67. The Morgan fingerprint density at radius 3 is 2.56 bits per heavy atom. The normalized spacial score (nSPS) is 12.0. The smallest absolute Gasteiger partial charge is 0.328 e. The maximum Gasteiger partial charge on any atom is 0.328 e. The summed E-state index contributed by atoms with van der Waals surface area (Å²) in [5.41, 5.74) is 1.69. The number of amides is 1. The molecule has 0 bridgehead atoms. The van der Waals surface area contributed by atoms with Crippen LogP contribution in [0.25, 0.3) is 11.5 Å². The lowest BCUT2D eigenvalue weighted by Gasteiger charge is -2.23. The molecule has 146 valence electrons. The highest BCUT2D eigenvalue weighted by Gasteiger charge is 2.28. The van der Waals surface area contributed by atoms with E-state index in [9.17, 15) is 9.59 Å². The molecule has 0 aliphatic heterocycles. The Hall–Kier alpha value is -2.28. The van der Waals surface area contributed by atoms with Crippen LogP contribution in [0.1, 0.15) is 32.4 Å². The third-order valence-electron chi connectivity index (χ3n) is 4.35. The van der Waals surface area contributed by atoms with Gasteiger partial charge in [0.25, 0.3) is 0 Å². The van der Waals surface area contributed by atoms with Crippen LogP contribution in [-0.4, -0.2) is 35.8 Å². The summed E-state index contributed by atoms with van der Waals surface area (Å²) >= 11 is 1.42. The summed E-state index contributed by atoms with van der Waals surface area (Å²) in [6, 6.07) is 9.05. The van der Waals surface area contributed by atoms with Crippen LogP contribution in [0.15, 0.2) is 41.0 Å². The molecule has 27 heavy (non-hydrogen) atoms. The molecule has 0 saturated heterocycles. The van der Waals surface area contributed by atoms with Crippen molar-refractivity contribution in [2.24, 2.45) is 5.92 Å². The summed E-state index contributed by atoms with van der Waals surface area (Å²) in [7, 11) is 1.34. The van der Waals surface area contributed by atoms with Crippen molar-refractivity contribution in [2.75, 3.05) is 12.9 Å². The number of nitrogens with one attached hydrogen (secondary N) is 1. The van der Waals surface area contributed by atoms with E-state index in [2.05, 4.69) is 10.3 Å². The van der Waals surface area contributed by atoms with Crippen LogP contribution >= 0.6 is 11.8 Å². The molecule has 0 fully saturated rings. The molecule has 1 atom stereocenters. The largest absolute Gasteiger partial charge is 0.467 e. The molecule has 1 aromatic carbocycles. The van der Waals surface area contributed by atoms with E-state index in [-0.39, 0.29) is 17.6 Å². The first-order valence-electron chi connectivity index (χ1n) is 9.03. The van der Waals surface area contributed by atoms with E-state index in [1.165, 1.54) is 18.9 Å². The molecule has 0 unspecified atom stereocenters. The van der Waals surface area contributed by atoms with Gasteiger partial charge in [0, 0.05) is 11.3 Å². The number of rotatable bonds is 10. The van der Waals surface area contributed by atoms with Gasteiger partial charge in [-0.25, -0.2) is 9.78 Å². The highest BCUT2D eigenvalue weighted by Crippen LogP contribution is 2.20. The Balaban J connectivity index is 1.84. The van der Waals surface area contributed by atoms with Crippen molar-refractivity contribution in [1.29, 1.82) is 0 Å². The molecule has 7 heteroatoms. The summed E-state index contributed by atoms with van der Waals surface area (Å²) in [6.45, 7) is 4.00. The third kappa shape index (κ3) is 6.13. The summed E-state index contributed by atoms with van der Waals surface area (Å²) < 4.78 is 10.3. The van der Waals surface area contributed by atoms with Crippen molar-refractivity contribution >= 4 is 23.6 Å². The minimum Gasteiger partial charge on any atom is -0.467 e. The van der Waals surface area contributed by atoms with Gasteiger partial charge in [-0.15, -0.1) is 11.8 Å². The van der Waals surface area contributed by atoms with Crippen LogP contribution in [0.5, 0.6) is 0 Å². The van der Waals surface area contributed by atoms with Gasteiger partial charge >= 0.3 is 5.97 Å². The van der Waals surface area contributed by atoms with Crippen molar-refractivity contribution in [1.82, 2.24) is 10.3 Å². The molecule has 1 amide bonds. The third-order valence-corrected chi connectivity index (χ3v) is 5.31. The van der Waals surface area contributed by atoms with Gasteiger partial charge in [-0.2, -0.15) is 0 Å². The lowest BCUT2D eigenvalue weighted by molar-refractivity contribution is -0.146.